The Balaban J connectivity index is 1.87. The molecule has 0 saturated carbocycles. The van der Waals surface area contributed by atoms with Gasteiger partial charge in [-0.1, -0.05) is 36.4 Å². The second-order valence-electron chi connectivity index (χ2n) is 5.21. The third-order valence-corrected chi connectivity index (χ3v) is 3.63. The second kappa shape index (κ2) is 6.79. The van der Waals surface area contributed by atoms with Crippen LogP contribution in [0.15, 0.2) is 77.9 Å². The topological polar surface area (TPSA) is 66.9 Å². The first-order chi connectivity index (χ1) is 11.2. The molecule has 1 unspecified atom stereocenters. The predicted molar refractivity (Wildman–Crippen MR) is 88.1 cm³/mol. The number of hydrogen-bond acceptors (Lipinski definition) is 2. The van der Waals surface area contributed by atoms with Crippen LogP contribution in [0.3, 0.4) is 0 Å². The van der Waals surface area contributed by atoms with Gasteiger partial charge in [-0.15, -0.1) is 0 Å². The fourth-order valence-corrected chi connectivity index (χ4v) is 2.44. The molecule has 1 aromatic carbocycles. The van der Waals surface area contributed by atoms with E-state index in [4.69, 9.17) is 0 Å². The summed E-state index contributed by atoms with van der Waals surface area (Å²) in [5.41, 5.74) is 1.34. The fourth-order valence-electron chi connectivity index (χ4n) is 2.44. The van der Waals surface area contributed by atoms with Gasteiger partial charge in [0.25, 0.3) is 11.5 Å². The average molecular weight is 307 g/mol. The fraction of sp³-hybridized carbons (Fsp3) is 0.111. The van der Waals surface area contributed by atoms with Gasteiger partial charge in [-0.05, 0) is 23.8 Å². The first-order valence-corrected chi connectivity index (χ1v) is 7.39. The van der Waals surface area contributed by atoms with Gasteiger partial charge >= 0.3 is 0 Å². The summed E-state index contributed by atoms with van der Waals surface area (Å²) in [5.74, 6) is -0.201. The molecule has 1 amide bonds. The lowest BCUT2D eigenvalue weighted by atomic mass is 10.1. The van der Waals surface area contributed by atoms with Crippen LogP contribution in [0.5, 0.6) is 0 Å². The smallest absolute Gasteiger partial charge is 0.268 e. The molecule has 0 fully saturated rings. The highest BCUT2D eigenvalue weighted by Crippen LogP contribution is 2.15. The van der Waals surface area contributed by atoms with E-state index in [2.05, 4.69) is 10.3 Å². The molecule has 2 N–H and O–H groups in total. The van der Waals surface area contributed by atoms with Gasteiger partial charge in [0.15, 0.2) is 0 Å². The Kier molecular flexibility index (Phi) is 4.38. The van der Waals surface area contributed by atoms with Crippen molar-refractivity contribution in [3.63, 3.8) is 0 Å². The van der Waals surface area contributed by atoms with E-state index in [1.807, 2.05) is 30.3 Å². The van der Waals surface area contributed by atoms with E-state index in [0.717, 1.165) is 5.56 Å². The maximum atomic E-state index is 12.3. The van der Waals surface area contributed by atoms with Gasteiger partial charge in [0, 0.05) is 18.5 Å². The molecular weight excluding hydrogens is 290 g/mol. The molecule has 0 radical (unpaired) electrons. The number of H-pyrrole nitrogens is 1. The average Bonchev–Trinajstić information content (AvgIpc) is 3.11. The van der Waals surface area contributed by atoms with Crippen LogP contribution in [0.4, 0.5) is 0 Å². The van der Waals surface area contributed by atoms with E-state index in [1.54, 1.807) is 41.2 Å². The molecule has 0 aliphatic heterocycles. The van der Waals surface area contributed by atoms with Crippen LogP contribution in [0.2, 0.25) is 0 Å². The lowest BCUT2D eigenvalue weighted by molar-refractivity contribution is 0.0928. The molecule has 5 heteroatoms. The molecule has 0 aliphatic rings. The number of hydrogen-bond donors (Lipinski definition) is 2. The number of aromatic amines is 1. The van der Waals surface area contributed by atoms with Gasteiger partial charge in [0.05, 0.1) is 12.6 Å². The van der Waals surface area contributed by atoms with Crippen molar-refractivity contribution >= 4 is 5.91 Å². The van der Waals surface area contributed by atoms with E-state index in [-0.39, 0.29) is 17.5 Å². The third kappa shape index (κ3) is 3.58. The minimum atomic E-state index is -0.299. The first kappa shape index (κ1) is 14.8. The number of aromatic nitrogens is 2. The predicted octanol–water partition coefficient (Wildman–Crippen LogP) is 2.35. The van der Waals surface area contributed by atoms with Crippen LogP contribution in [0.1, 0.15) is 22.1 Å². The lowest BCUT2D eigenvalue weighted by Crippen LogP contribution is -2.34. The molecule has 3 aromatic rings. The molecule has 3 rings (SSSR count). The number of benzene rings is 1. The van der Waals surface area contributed by atoms with Crippen molar-refractivity contribution in [1.82, 2.24) is 14.9 Å². The zero-order valence-corrected chi connectivity index (χ0v) is 12.5. The van der Waals surface area contributed by atoms with Crippen molar-refractivity contribution in [2.75, 3.05) is 0 Å². The van der Waals surface area contributed by atoms with Gasteiger partial charge in [-0.3, -0.25) is 9.59 Å². The maximum Gasteiger partial charge on any atom is 0.268 e. The van der Waals surface area contributed by atoms with Crippen LogP contribution in [-0.4, -0.2) is 15.5 Å². The summed E-state index contributed by atoms with van der Waals surface area (Å²) in [7, 11) is 0. The highest BCUT2D eigenvalue weighted by atomic mass is 16.2. The quantitative estimate of drug-likeness (QED) is 0.760. The molecule has 5 nitrogen and oxygen atoms in total. The Labute approximate surface area is 133 Å². The largest absolute Gasteiger partial charge is 0.357 e. The number of pyridine rings is 1. The van der Waals surface area contributed by atoms with Crippen molar-refractivity contribution in [2.24, 2.45) is 0 Å². The number of nitrogens with zero attached hydrogens (tertiary/aromatic N) is 1. The van der Waals surface area contributed by atoms with E-state index >= 15 is 0 Å². The van der Waals surface area contributed by atoms with Crippen molar-refractivity contribution in [3.8, 4) is 0 Å². The van der Waals surface area contributed by atoms with E-state index in [0.29, 0.717) is 12.2 Å². The molecule has 0 aliphatic carbocycles. The molecule has 0 bridgehead atoms. The summed E-state index contributed by atoms with van der Waals surface area (Å²) in [6.45, 7) is 0.371. The maximum absolute atomic E-state index is 12.3. The Hall–Kier alpha value is -3.08. The number of amides is 1. The molecule has 2 heterocycles. The molecule has 23 heavy (non-hydrogen) atoms. The first-order valence-electron chi connectivity index (χ1n) is 7.39. The minimum absolute atomic E-state index is 0.0949. The van der Waals surface area contributed by atoms with Crippen LogP contribution in [-0.2, 0) is 6.54 Å². The van der Waals surface area contributed by atoms with Crippen LogP contribution in [0.25, 0.3) is 0 Å². The van der Waals surface area contributed by atoms with Crippen LogP contribution < -0.4 is 10.9 Å². The van der Waals surface area contributed by atoms with E-state index in [1.165, 1.54) is 6.07 Å². The van der Waals surface area contributed by atoms with Gasteiger partial charge in [0.2, 0.25) is 0 Å². The molecule has 0 spiro atoms. The van der Waals surface area contributed by atoms with E-state index in [9.17, 15) is 9.59 Å². The van der Waals surface area contributed by atoms with Crippen molar-refractivity contribution < 1.29 is 4.79 Å². The van der Waals surface area contributed by atoms with Crippen LogP contribution >= 0.6 is 0 Å². The van der Waals surface area contributed by atoms with Gasteiger partial charge in [-0.2, -0.15) is 0 Å². The summed E-state index contributed by atoms with van der Waals surface area (Å²) in [6, 6.07) is 17.8. The van der Waals surface area contributed by atoms with Gasteiger partial charge in [-0.25, -0.2) is 0 Å². The SMILES string of the molecule is O=C(NC(Cn1ccccc1=O)c1ccccc1)c1ccc[nH]1. The Morgan fingerprint density at radius 1 is 1.04 bits per heavy atom. The zero-order chi connectivity index (χ0) is 16.1. The zero-order valence-electron chi connectivity index (χ0n) is 12.5. The summed E-state index contributed by atoms with van der Waals surface area (Å²) in [4.78, 5) is 27.2. The monoisotopic (exact) mass is 307 g/mol. The Morgan fingerprint density at radius 3 is 2.52 bits per heavy atom. The lowest BCUT2D eigenvalue weighted by Gasteiger charge is -2.20. The summed E-state index contributed by atoms with van der Waals surface area (Å²) in [6.07, 6.45) is 3.42. The minimum Gasteiger partial charge on any atom is -0.357 e. The standard InChI is InChI=1S/C18H17N3O2/c22-17-10-4-5-12-21(17)13-16(14-7-2-1-3-8-14)20-18(23)15-9-6-11-19-15/h1-12,16,19H,13H2,(H,20,23). The third-order valence-electron chi connectivity index (χ3n) is 3.63. The molecule has 0 saturated heterocycles. The normalized spacial score (nSPS) is 11.8. The Bertz CT molecular complexity index is 823. The van der Waals surface area contributed by atoms with Crippen molar-refractivity contribution in [1.29, 1.82) is 0 Å². The molecular formula is C18H17N3O2. The van der Waals surface area contributed by atoms with E-state index < -0.39 is 0 Å². The number of rotatable bonds is 5. The number of carbonyl (C=O) groups excluding carboxylic acids is 1. The van der Waals surface area contributed by atoms with Crippen molar-refractivity contribution in [3.05, 3.63) is 94.7 Å². The van der Waals surface area contributed by atoms with Crippen molar-refractivity contribution in [2.45, 2.75) is 12.6 Å². The summed E-state index contributed by atoms with van der Waals surface area (Å²) >= 11 is 0. The molecule has 1 atom stereocenters. The van der Waals surface area contributed by atoms with Gasteiger partial charge < -0.3 is 14.9 Å². The van der Waals surface area contributed by atoms with Crippen LogP contribution in [0, 0.1) is 0 Å². The highest BCUT2D eigenvalue weighted by Gasteiger charge is 2.17. The molecule has 116 valence electrons. The molecule has 2 aromatic heterocycles. The second-order valence-corrected chi connectivity index (χ2v) is 5.21. The number of nitrogens with one attached hydrogen (secondary N) is 2. The summed E-state index contributed by atoms with van der Waals surface area (Å²) < 4.78 is 1.59. The van der Waals surface area contributed by atoms with Gasteiger partial charge in [0.1, 0.15) is 5.69 Å². The summed E-state index contributed by atoms with van der Waals surface area (Å²) in [5, 5.41) is 2.98. The number of carbonyl (C=O) groups is 1. The highest BCUT2D eigenvalue weighted by molar-refractivity contribution is 5.92. The Morgan fingerprint density at radius 2 is 1.83 bits per heavy atom.